The Morgan fingerprint density at radius 2 is 1.67 bits per heavy atom. The maximum absolute atomic E-state index is 12.6. The van der Waals surface area contributed by atoms with Crippen LogP contribution in [-0.2, 0) is 9.59 Å². The van der Waals surface area contributed by atoms with E-state index in [0.29, 0.717) is 24.4 Å². The summed E-state index contributed by atoms with van der Waals surface area (Å²) in [6.45, 7) is 1.23. The summed E-state index contributed by atoms with van der Waals surface area (Å²) in [5.41, 5.74) is 0. The Kier molecular flexibility index (Phi) is 4.54. The van der Waals surface area contributed by atoms with Crippen molar-refractivity contribution in [3.05, 3.63) is 0 Å². The predicted octanol–water partition coefficient (Wildman–Crippen LogP) is 2.26. The van der Waals surface area contributed by atoms with Crippen LogP contribution in [0, 0.1) is 23.7 Å². The van der Waals surface area contributed by atoms with Gasteiger partial charge in [-0.2, -0.15) is 0 Å². The van der Waals surface area contributed by atoms with Crippen molar-refractivity contribution in [3.8, 4) is 0 Å². The number of nitrogens with one attached hydrogen (secondary N) is 1. The van der Waals surface area contributed by atoms with E-state index in [0.717, 1.165) is 37.6 Å². The molecule has 5 fully saturated rings. The van der Waals surface area contributed by atoms with Crippen molar-refractivity contribution in [2.24, 2.45) is 23.7 Å². The molecule has 0 spiro atoms. The Balaban J connectivity index is 1.33. The monoisotopic (exact) mass is 334 g/mol. The van der Waals surface area contributed by atoms with Crippen LogP contribution in [0.15, 0.2) is 0 Å². The van der Waals surface area contributed by atoms with Crippen molar-refractivity contribution in [2.75, 3.05) is 13.1 Å². The number of carbonyl (C=O) groups excluding carboxylic acids is 1. The Morgan fingerprint density at radius 3 is 2.29 bits per heavy atom. The van der Waals surface area contributed by atoms with E-state index in [9.17, 15) is 9.59 Å². The van der Waals surface area contributed by atoms with E-state index < -0.39 is 5.97 Å². The van der Waals surface area contributed by atoms with E-state index in [2.05, 4.69) is 10.2 Å². The van der Waals surface area contributed by atoms with Crippen LogP contribution in [0.1, 0.15) is 57.8 Å². The highest BCUT2D eigenvalue weighted by molar-refractivity contribution is 5.78. The van der Waals surface area contributed by atoms with Gasteiger partial charge in [0.05, 0.1) is 13.0 Å². The number of nitrogens with zero attached hydrogens (tertiary/aromatic N) is 1. The van der Waals surface area contributed by atoms with Crippen LogP contribution in [0.2, 0.25) is 0 Å². The molecule has 5 rings (SSSR count). The molecule has 0 aromatic rings. The first-order valence-electron chi connectivity index (χ1n) is 9.83. The summed E-state index contributed by atoms with van der Waals surface area (Å²) in [4.78, 5) is 25.8. The van der Waals surface area contributed by atoms with E-state index in [4.69, 9.17) is 5.11 Å². The standard InChI is InChI=1S/C19H30N2O3/c22-17(11-21-4-2-1-3-16(21)10-18(23)24)20-19-14-6-12-5-13(8-14)9-15(19)7-12/h12-16,19H,1-11H2,(H,20,22)(H,23,24). The van der Waals surface area contributed by atoms with Gasteiger partial charge in [0.2, 0.25) is 5.91 Å². The minimum Gasteiger partial charge on any atom is -0.481 e. The van der Waals surface area contributed by atoms with Gasteiger partial charge in [-0.1, -0.05) is 6.42 Å². The fraction of sp³-hybridized carbons (Fsp3) is 0.895. The van der Waals surface area contributed by atoms with Gasteiger partial charge in [0.15, 0.2) is 0 Å². The van der Waals surface area contributed by atoms with Crippen molar-refractivity contribution in [2.45, 2.75) is 69.9 Å². The lowest BCUT2D eigenvalue weighted by atomic mass is 9.54. The molecule has 1 unspecified atom stereocenters. The number of carbonyl (C=O) groups is 2. The van der Waals surface area contributed by atoms with Crippen LogP contribution in [0.5, 0.6) is 0 Å². The van der Waals surface area contributed by atoms with E-state index in [1.165, 1.54) is 32.1 Å². The Bertz CT molecular complexity index is 479. The van der Waals surface area contributed by atoms with Gasteiger partial charge in [0, 0.05) is 12.1 Å². The van der Waals surface area contributed by atoms with Gasteiger partial charge in [0.25, 0.3) is 0 Å². The molecule has 0 aromatic carbocycles. The fourth-order valence-electron chi connectivity index (χ4n) is 6.28. The van der Waals surface area contributed by atoms with Crippen LogP contribution < -0.4 is 5.32 Å². The van der Waals surface area contributed by atoms with Crippen LogP contribution in [0.25, 0.3) is 0 Å². The highest BCUT2D eigenvalue weighted by Crippen LogP contribution is 2.53. The molecule has 4 saturated carbocycles. The van der Waals surface area contributed by atoms with Gasteiger partial charge >= 0.3 is 5.97 Å². The molecule has 1 atom stereocenters. The second-order valence-corrected chi connectivity index (χ2v) is 8.74. The van der Waals surface area contributed by atoms with Crippen LogP contribution in [0.4, 0.5) is 0 Å². The number of hydrogen-bond donors (Lipinski definition) is 2. The summed E-state index contributed by atoms with van der Waals surface area (Å²) in [7, 11) is 0. The molecular formula is C19H30N2O3. The molecule has 0 radical (unpaired) electrons. The van der Waals surface area contributed by atoms with Crippen LogP contribution in [-0.4, -0.2) is 47.1 Å². The summed E-state index contributed by atoms with van der Waals surface area (Å²) in [5, 5.41) is 12.4. The third kappa shape index (κ3) is 3.32. The summed E-state index contributed by atoms with van der Waals surface area (Å²) >= 11 is 0. The van der Waals surface area contributed by atoms with E-state index in [1.54, 1.807) is 0 Å². The second-order valence-electron chi connectivity index (χ2n) is 8.74. The Morgan fingerprint density at radius 1 is 1.00 bits per heavy atom. The third-order valence-electron chi connectivity index (χ3n) is 7.06. The number of rotatable bonds is 5. The molecule has 1 heterocycles. The third-order valence-corrected chi connectivity index (χ3v) is 7.06. The summed E-state index contributed by atoms with van der Waals surface area (Å²) in [5.74, 6) is 2.59. The molecule has 4 bridgehead atoms. The van der Waals surface area contributed by atoms with Crippen LogP contribution in [0.3, 0.4) is 0 Å². The molecule has 2 N–H and O–H groups in total. The largest absolute Gasteiger partial charge is 0.481 e. The van der Waals surface area contributed by atoms with Crippen molar-refractivity contribution in [1.82, 2.24) is 10.2 Å². The molecular weight excluding hydrogens is 304 g/mol. The Hall–Kier alpha value is -1.10. The lowest BCUT2D eigenvalue weighted by molar-refractivity contribution is -0.139. The van der Waals surface area contributed by atoms with Crippen molar-refractivity contribution in [1.29, 1.82) is 0 Å². The predicted molar refractivity (Wildman–Crippen MR) is 90.4 cm³/mol. The fourth-order valence-corrected chi connectivity index (χ4v) is 6.28. The zero-order valence-corrected chi connectivity index (χ0v) is 14.5. The second kappa shape index (κ2) is 6.66. The lowest BCUT2D eigenvalue weighted by Gasteiger charge is -2.54. The van der Waals surface area contributed by atoms with Gasteiger partial charge in [-0.25, -0.2) is 0 Å². The van der Waals surface area contributed by atoms with Gasteiger partial charge < -0.3 is 10.4 Å². The van der Waals surface area contributed by atoms with E-state index >= 15 is 0 Å². The molecule has 1 amide bonds. The number of amides is 1. The molecule has 5 nitrogen and oxygen atoms in total. The van der Waals surface area contributed by atoms with Crippen molar-refractivity contribution in [3.63, 3.8) is 0 Å². The topological polar surface area (TPSA) is 69.6 Å². The first kappa shape index (κ1) is 16.4. The highest BCUT2D eigenvalue weighted by Gasteiger charge is 2.48. The zero-order chi connectivity index (χ0) is 16.7. The number of piperidine rings is 1. The average molecular weight is 334 g/mol. The SMILES string of the molecule is O=C(O)CC1CCCCN1CC(=O)NC1C2CC3CC(C2)CC1C3. The van der Waals surface area contributed by atoms with Crippen molar-refractivity contribution >= 4 is 11.9 Å². The quantitative estimate of drug-likeness (QED) is 0.809. The minimum absolute atomic E-state index is 0.0282. The molecule has 134 valence electrons. The molecule has 24 heavy (non-hydrogen) atoms. The molecule has 0 aromatic heterocycles. The van der Waals surface area contributed by atoms with Gasteiger partial charge in [-0.3, -0.25) is 14.5 Å². The molecule has 1 saturated heterocycles. The molecule has 4 aliphatic carbocycles. The normalized spacial score (nSPS) is 41.3. The maximum Gasteiger partial charge on any atom is 0.304 e. The zero-order valence-electron chi connectivity index (χ0n) is 14.5. The van der Waals surface area contributed by atoms with Crippen LogP contribution >= 0.6 is 0 Å². The molecule has 5 aliphatic rings. The number of aliphatic carboxylic acids is 1. The van der Waals surface area contributed by atoms with Gasteiger partial charge in [-0.15, -0.1) is 0 Å². The smallest absolute Gasteiger partial charge is 0.304 e. The van der Waals surface area contributed by atoms with Gasteiger partial charge in [-0.05, 0) is 75.2 Å². The lowest BCUT2D eigenvalue weighted by Crippen LogP contribution is -2.57. The maximum atomic E-state index is 12.6. The van der Waals surface area contributed by atoms with Gasteiger partial charge in [0.1, 0.15) is 0 Å². The molecule has 1 aliphatic heterocycles. The molecule has 5 heteroatoms. The van der Waals surface area contributed by atoms with E-state index in [1.807, 2.05) is 0 Å². The first-order valence-corrected chi connectivity index (χ1v) is 9.83. The number of likely N-dealkylation sites (tertiary alicyclic amines) is 1. The highest BCUT2D eigenvalue weighted by atomic mass is 16.4. The summed E-state index contributed by atoms with van der Waals surface area (Å²) in [6.07, 6.45) is 9.87. The Labute approximate surface area is 144 Å². The first-order chi connectivity index (χ1) is 11.6. The summed E-state index contributed by atoms with van der Waals surface area (Å²) in [6, 6.07) is 0.411. The number of carboxylic acids is 1. The number of carboxylic acid groups (broad SMARTS) is 1. The van der Waals surface area contributed by atoms with E-state index in [-0.39, 0.29) is 18.4 Å². The number of hydrogen-bond acceptors (Lipinski definition) is 3. The minimum atomic E-state index is -0.756. The van der Waals surface area contributed by atoms with Crippen molar-refractivity contribution < 1.29 is 14.7 Å². The summed E-state index contributed by atoms with van der Waals surface area (Å²) < 4.78 is 0. The average Bonchev–Trinajstić information content (AvgIpc) is 2.51.